The molecule has 16 heteroatoms. The van der Waals surface area contributed by atoms with Gasteiger partial charge >= 0.3 is 6.01 Å². The van der Waals surface area contributed by atoms with Gasteiger partial charge in [-0.05, 0) is 94.3 Å². The molecule has 5 fully saturated rings. The van der Waals surface area contributed by atoms with Crippen molar-refractivity contribution in [3.63, 3.8) is 0 Å². The van der Waals surface area contributed by atoms with Crippen molar-refractivity contribution < 1.29 is 41.6 Å². The molecule has 4 aromatic rings. The molecule has 9 rings (SSSR count). The Labute approximate surface area is 349 Å². The number of anilines is 1. The van der Waals surface area contributed by atoms with Crippen LogP contribution in [0.15, 0.2) is 24.3 Å². The minimum Gasteiger partial charge on any atom is -0.508 e. The molecule has 13 nitrogen and oxygen atoms in total. The summed E-state index contributed by atoms with van der Waals surface area (Å²) in [4.78, 5) is 18.6. The first-order chi connectivity index (χ1) is 28.8. The number of likely N-dealkylation sites (tertiary alicyclic amines) is 1. The summed E-state index contributed by atoms with van der Waals surface area (Å²) in [7, 11) is -1.78. The molecular weight excluding hydrogens is 795 g/mol. The fourth-order valence-corrected chi connectivity index (χ4v) is 12.2. The Hall–Kier alpha value is -4.40. The molecule has 60 heavy (non-hydrogen) atoms. The van der Waals surface area contributed by atoms with E-state index in [1.165, 1.54) is 31.4 Å². The highest BCUT2D eigenvalue weighted by Gasteiger charge is 2.49. The molecule has 3 saturated heterocycles. The SMILES string of the molecule is C#Cc1c(F)ccc2cc(O)cc(-c3nc(OC)c4c(N5CCOC[C@@](C)(O)C5)nc(OC[C@]56CCC[C@H]5N(CC5CCN(S(=O)(=O)C7CC7)CC5)CCC6)nc4c3F)c12. The summed E-state index contributed by atoms with van der Waals surface area (Å²) in [6.07, 6.45) is 14.0. The number of phenols is 1. The van der Waals surface area contributed by atoms with Crippen LogP contribution in [0.3, 0.4) is 0 Å². The van der Waals surface area contributed by atoms with Gasteiger partial charge in [0.25, 0.3) is 0 Å². The molecule has 3 atom stereocenters. The predicted molar refractivity (Wildman–Crippen MR) is 223 cm³/mol. The van der Waals surface area contributed by atoms with Crippen LogP contribution in [0, 0.1) is 35.3 Å². The van der Waals surface area contributed by atoms with Gasteiger partial charge in [0.2, 0.25) is 15.9 Å². The number of fused-ring (bicyclic) bond motifs is 3. The number of β-amino-alcohol motifs (C(OH)–C–C–N with tert-alkyl or cyclic N) is 1. The summed E-state index contributed by atoms with van der Waals surface area (Å²) >= 11 is 0. The molecule has 0 bridgehead atoms. The van der Waals surface area contributed by atoms with E-state index in [9.17, 15) is 18.6 Å². The number of methoxy groups -OCH3 is 1. The van der Waals surface area contributed by atoms with Gasteiger partial charge in [-0.15, -0.1) is 6.42 Å². The number of halogens is 2. The van der Waals surface area contributed by atoms with Crippen LogP contribution in [-0.2, 0) is 14.8 Å². The Bertz CT molecular complexity index is 2470. The van der Waals surface area contributed by atoms with Gasteiger partial charge in [0.1, 0.15) is 39.6 Å². The number of nitrogens with zero attached hydrogens (tertiary/aromatic N) is 6. The Morgan fingerprint density at radius 1 is 1.02 bits per heavy atom. The first-order valence-corrected chi connectivity index (χ1v) is 22.6. The number of sulfonamides is 1. The quantitative estimate of drug-likeness (QED) is 0.191. The zero-order valence-corrected chi connectivity index (χ0v) is 34.9. The standard InChI is InChI=1S/C44H52F2N6O7S/c1-4-31-33(45)11-8-28-21-29(53)22-32(35(28)31)38-37(46)39-36(41(47-38)57-3)40(51-19-20-58-25-43(2,54)24-51)49-42(48-39)59-26-44-14-5-7-34(44)50(16-6-15-44)23-27-12-17-52(18-13-27)60(55,56)30-9-10-30/h1,8,11,21-22,27,30,34,53-54H,5-7,9-10,12-20,23-26H2,2-3H3/t34-,43+,44-/m1/s1. The van der Waals surface area contributed by atoms with Crippen molar-refractivity contribution in [3.8, 4) is 41.2 Å². The molecular formula is C44H52F2N6O7S. The Kier molecular flexibility index (Phi) is 10.8. The molecule has 5 aliphatic rings. The van der Waals surface area contributed by atoms with Crippen molar-refractivity contribution in [3.05, 3.63) is 41.5 Å². The zero-order valence-electron chi connectivity index (χ0n) is 34.1. The molecule has 5 heterocycles. The summed E-state index contributed by atoms with van der Waals surface area (Å²) < 4.78 is 78.2. The fourth-order valence-electron chi connectivity index (χ4n) is 10.4. The lowest BCUT2D eigenvalue weighted by molar-refractivity contribution is -0.0124. The third-order valence-electron chi connectivity index (χ3n) is 13.4. The third kappa shape index (κ3) is 7.50. The van der Waals surface area contributed by atoms with Crippen LogP contribution >= 0.6 is 0 Å². The van der Waals surface area contributed by atoms with Crippen LogP contribution in [0.2, 0.25) is 0 Å². The highest BCUT2D eigenvalue weighted by Crippen LogP contribution is 2.49. The second-order valence-electron chi connectivity index (χ2n) is 17.7. The maximum Gasteiger partial charge on any atom is 0.319 e. The normalized spacial score (nSPS) is 25.9. The first-order valence-electron chi connectivity index (χ1n) is 21.1. The molecule has 2 aromatic heterocycles. The third-order valence-corrected chi connectivity index (χ3v) is 15.8. The number of aliphatic hydroxyl groups is 1. The van der Waals surface area contributed by atoms with Gasteiger partial charge in [-0.3, -0.25) is 4.90 Å². The van der Waals surface area contributed by atoms with Gasteiger partial charge in [0.05, 0.1) is 44.3 Å². The number of hydrogen-bond acceptors (Lipinski definition) is 12. The molecule has 0 amide bonds. The maximum absolute atomic E-state index is 17.4. The fraction of sp³-hybridized carbons (Fsp3) is 0.568. The molecule has 2 N–H and O–H groups in total. The Balaban J connectivity index is 1.07. The van der Waals surface area contributed by atoms with E-state index in [1.807, 2.05) is 0 Å². The minimum absolute atomic E-state index is 0.0312. The number of phenolic OH excluding ortho intramolecular Hbond substituents is 1. The van der Waals surface area contributed by atoms with Crippen molar-refractivity contribution in [2.75, 3.05) is 71.1 Å². The minimum atomic E-state index is -3.17. The van der Waals surface area contributed by atoms with Crippen molar-refractivity contribution in [1.82, 2.24) is 24.2 Å². The summed E-state index contributed by atoms with van der Waals surface area (Å²) in [6, 6.07) is 5.56. The van der Waals surface area contributed by atoms with Gasteiger partial charge < -0.3 is 29.3 Å². The molecule has 0 radical (unpaired) electrons. The molecule has 0 spiro atoms. The lowest BCUT2D eigenvalue weighted by Crippen LogP contribution is -2.54. The number of pyridine rings is 1. The molecule has 3 aliphatic heterocycles. The van der Waals surface area contributed by atoms with E-state index in [2.05, 4.69) is 15.8 Å². The molecule has 2 saturated carbocycles. The Morgan fingerprint density at radius 3 is 2.55 bits per heavy atom. The molecule has 320 valence electrons. The van der Waals surface area contributed by atoms with Crippen molar-refractivity contribution in [2.24, 2.45) is 11.3 Å². The van der Waals surface area contributed by atoms with Crippen LogP contribution < -0.4 is 14.4 Å². The van der Waals surface area contributed by atoms with Crippen molar-refractivity contribution in [2.45, 2.75) is 81.6 Å². The number of piperidine rings is 2. The van der Waals surface area contributed by atoms with E-state index in [0.717, 1.165) is 70.9 Å². The average molecular weight is 847 g/mol. The van der Waals surface area contributed by atoms with Crippen LogP contribution in [0.25, 0.3) is 32.9 Å². The summed E-state index contributed by atoms with van der Waals surface area (Å²) in [5, 5.41) is 22.5. The van der Waals surface area contributed by atoms with Crippen molar-refractivity contribution >= 4 is 37.5 Å². The molecule has 2 aromatic carbocycles. The summed E-state index contributed by atoms with van der Waals surface area (Å²) in [6.45, 7) is 5.75. The van der Waals surface area contributed by atoms with E-state index >= 15 is 8.78 Å². The Morgan fingerprint density at radius 2 is 1.80 bits per heavy atom. The van der Waals surface area contributed by atoms with Crippen LogP contribution in [0.5, 0.6) is 17.6 Å². The van der Waals surface area contributed by atoms with E-state index in [-0.39, 0.29) is 93.0 Å². The average Bonchev–Trinajstić information content (AvgIpc) is 4.04. The maximum atomic E-state index is 17.4. The number of aromatic hydroxyl groups is 1. The van der Waals surface area contributed by atoms with E-state index < -0.39 is 27.3 Å². The van der Waals surface area contributed by atoms with Gasteiger partial charge in [-0.1, -0.05) is 18.4 Å². The summed E-state index contributed by atoms with van der Waals surface area (Å²) in [5.41, 5.74) is -1.96. The molecule has 2 aliphatic carbocycles. The number of benzene rings is 2. The van der Waals surface area contributed by atoms with Gasteiger partial charge in [0.15, 0.2) is 5.82 Å². The highest BCUT2D eigenvalue weighted by atomic mass is 32.2. The monoisotopic (exact) mass is 846 g/mol. The van der Waals surface area contributed by atoms with Crippen molar-refractivity contribution in [1.29, 1.82) is 0 Å². The van der Waals surface area contributed by atoms with E-state index in [1.54, 1.807) is 16.1 Å². The lowest BCUT2D eigenvalue weighted by atomic mass is 9.75. The van der Waals surface area contributed by atoms with Gasteiger partial charge in [-0.25, -0.2) is 26.5 Å². The number of aromatic nitrogens is 3. The molecule has 0 unspecified atom stereocenters. The van der Waals surface area contributed by atoms with Gasteiger partial charge in [0, 0.05) is 48.6 Å². The smallest absolute Gasteiger partial charge is 0.319 e. The van der Waals surface area contributed by atoms with Crippen LogP contribution in [0.1, 0.15) is 70.3 Å². The second kappa shape index (κ2) is 15.8. The number of ether oxygens (including phenoxy) is 3. The summed E-state index contributed by atoms with van der Waals surface area (Å²) in [5.74, 6) is 1.23. The highest BCUT2D eigenvalue weighted by molar-refractivity contribution is 7.90. The van der Waals surface area contributed by atoms with Crippen LogP contribution in [-0.4, -0.2) is 126 Å². The largest absolute Gasteiger partial charge is 0.508 e. The topological polar surface area (TPSA) is 151 Å². The second-order valence-corrected chi connectivity index (χ2v) is 19.9. The van der Waals surface area contributed by atoms with Crippen LogP contribution in [0.4, 0.5) is 14.6 Å². The predicted octanol–water partition coefficient (Wildman–Crippen LogP) is 5.62. The lowest BCUT2D eigenvalue weighted by Gasteiger charge is -2.47. The number of rotatable bonds is 10. The zero-order chi connectivity index (χ0) is 42.0. The number of hydrogen-bond donors (Lipinski definition) is 2. The van der Waals surface area contributed by atoms with E-state index in [0.29, 0.717) is 37.5 Å². The number of terminal acetylenes is 1. The van der Waals surface area contributed by atoms with E-state index in [4.69, 9.17) is 30.6 Å². The first kappa shape index (κ1) is 41.0. The van der Waals surface area contributed by atoms with Gasteiger partial charge in [-0.2, -0.15) is 9.97 Å².